The summed E-state index contributed by atoms with van der Waals surface area (Å²) >= 11 is 1.27. The molecule has 2 aromatic carbocycles. The molecule has 1 amide bonds. The molecule has 5 nitrogen and oxygen atoms in total. The number of nitrogens with zero attached hydrogens (tertiary/aromatic N) is 4. The first kappa shape index (κ1) is 20.0. The first-order chi connectivity index (χ1) is 13.4. The number of carbonyl (C=O) groups is 1. The van der Waals surface area contributed by atoms with Crippen LogP contribution in [0.3, 0.4) is 0 Å². The minimum Gasteiger partial charge on any atom is -0.338 e. The van der Waals surface area contributed by atoms with E-state index in [2.05, 4.69) is 10.2 Å². The van der Waals surface area contributed by atoms with Gasteiger partial charge in [0.2, 0.25) is 5.91 Å². The fraction of sp³-hybridized carbons (Fsp3) is 0.250. The van der Waals surface area contributed by atoms with E-state index >= 15 is 0 Å². The number of aryl methyl sites for hydroxylation is 1. The van der Waals surface area contributed by atoms with Crippen molar-refractivity contribution in [1.82, 2.24) is 19.7 Å². The molecule has 1 unspecified atom stereocenters. The predicted molar refractivity (Wildman–Crippen MR) is 104 cm³/mol. The van der Waals surface area contributed by atoms with E-state index in [-0.39, 0.29) is 11.7 Å². The molecular formula is C20H20F2N4OS. The summed E-state index contributed by atoms with van der Waals surface area (Å²) in [5.74, 6) is -1.84. The highest BCUT2D eigenvalue weighted by Crippen LogP contribution is 2.24. The quantitative estimate of drug-likeness (QED) is 0.581. The van der Waals surface area contributed by atoms with Crippen LogP contribution in [0.5, 0.6) is 0 Å². The van der Waals surface area contributed by atoms with Gasteiger partial charge in [0.1, 0.15) is 6.33 Å². The molecule has 0 N–H and O–H groups in total. The molecule has 0 radical (unpaired) electrons. The molecule has 1 heterocycles. The van der Waals surface area contributed by atoms with Crippen molar-refractivity contribution in [3.63, 3.8) is 0 Å². The number of aromatic nitrogens is 3. The Bertz CT molecular complexity index is 975. The average Bonchev–Trinajstić information content (AvgIpc) is 3.16. The SMILES string of the molecule is Cc1ccc(-n2cnnc2SCC(=O)N(C)C(C)c2ccc(F)c(F)c2)cc1. The highest BCUT2D eigenvalue weighted by molar-refractivity contribution is 7.99. The van der Waals surface area contributed by atoms with Crippen LogP contribution in [0, 0.1) is 18.6 Å². The largest absolute Gasteiger partial charge is 0.338 e. The van der Waals surface area contributed by atoms with Gasteiger partial charge in [-0.3, -0.25) is 9.36 Å². The Morgan fingerprint density at radius 2 is 1.89 bits per heavy atom. The van der Waals surface area contributed by atoms with Gasteiger partial charge >= 0.3 is 0 Å². The van der Waals surface area contributed by atoms with Crippen LogP contribution in [-0.4, -0.2) is 38.4 Å². The standard InChI is InChI=1S/C20H20F2N4OS/c1-13-4-7-16(8-5-13)26-12-23-24-20(26)28-11-19(27)25(3)14(2)15-6-9-17(21)18(22)10-15/h4-10,12,14H,11H2,1-3H3. The van der Waals surface area contributed by atoms with Crippen LogP contribution < -0.4 is 0 Å². The van der Waals surface area contributed by atoms with E-state index in [0.717, 1.165) is 23.4 Å². The Labute approximate surface area is 166 Å². The van der Waals surface area contributed by atoms with Crippen LogP contribution in [0.4, 0.5) is 8.78 Å². The Morgan fingerprint density at radius 1 is 1.18 bits per heavy atom. The van der Waals surface area contributed by atoms with E-state index in [1.54, 1.807) is 20.3 Å². The van der Waals surface area contributed by atoms with E-state index in [4.69, 9.17) is 0 Å². The number of amides is 1. The number of thioether (sulfide) groups is 1. The molecule has 146 valence electrons. The molecular weight excluding hydrogens is 382 g/mol. The molecule has 3 aromatic rings. The summed E-state index contributed by atoms with van der Waals surface area (Å²) in [5.41, 5.74) is 2.59. The Balaban J connectivity index is 1.66. The van der Waals surface area contributed by atoms with Gasteiger partial charge in [0.15, 0.2) is 16.8 Å². The molecule has 0 spiro atoms. The summed E-state index contributed by atoms with van der Waals surface area (Å²) in [6.45, 7) is 3.78. The highest BCUT2D eigenvalue weighted by atomic mass is 32.2. The summed E-state index contributed by atoms with van der Waals surface area (Å²) in [4.78, 5) is 14.1. The lowest BCUT2D eigenvalue weighted by atomic mass is 10.1. The van der Waals surface area contributed by atoms with Crippen LogP contribution in [-0.2, 0) is 4.79 Å². The maximum atomic E-state index is 13.5. The van der Waals surface area contributed by atoms with Gasteiger partial charge in [-0.25, -0.2) is 8.78 Å². The predicted octanol–water partition coefficient (Wildman–Crippen LogP) is 4.17. The summed E-state index contributed by atoms with van der Waals surface area (Å²) in [5, 5.41) is 8.62. The van der Waals surface area contributed by atoms with Gasteiger partial charge in [-0.05, 0) is 43.7 Å². The molecule has 1 aromatic heterocycles. The fourth-order valence-corrected chi connectivity index (χ4v) is 3.50. The van der Waals surface area contributed by atoms with Crippen molar-refractivity contribution in [3.05, 3.63) is 71.6 Å². The molecule has 0 saturated carbocycles. The van der Waals surface area contributed by atoms with Crippen LogP contribution in [0.1, 0.15) is 24.1 Å². The molecule has 0 fully saturated rings. The number of hydrogen-bond donors (Lipinski definition) is 0. The van der Waals surface area contributed by atoms with Crippen LogP contribution in [0.25, 0.3) is 5.69 Å². The summed E-state index contributed by atoms with van der Waals surface area (Å²) in [6, 6.07) is 11.2. The fourth-order valence-electron chi connectivity index (χ4n) is 2.65. The molecule has 28 heavy (non-hydrogen) atoms. The van der Waals surface area contributed by atoms with E-state index in [1.165, 1.54) is 22.7 Å². The van der Waals surface area contributed by atoms with Crippen LogP contribution >= 0.6 is 11.8 Å². The van der Waals surface area contributed by atoms with Gasteiger partial charge in [0, 0.05) is 12.7 Å². The second kappa shape index (κ2) is 8.52. The summed E-state index contributed by atoms with van der Waals surface area (Å²) in [6.07, 6.45) is 1.60. The minimum atomic E-state index is -0.925. The van der Waals surface area contributed by atoms with Crippen molar-refractivity contribution >= 4 is 17.7 Å². The van der Waals surface area contributed by atoms with E-state index in [9.17, 15) is 13.6 Å². The number of benzene rings is 2. The lowest BCUT2D eigenvalue weighted by Gasteiger charge is -2.25. The monoisotopic (exact) mass is 402 g/mol. The highest BCUT2D eigenvalue weighted by Gasteiger charge is 2.20. The van der Waals surface area contributed by atoms with E-state index in [1.807, 2.05) is 35.8 Å². The average molecular weight is 402 g/mol. The van der Waals surface area contributed by atoms with Crippen molar-refractivity contribution in [3.8, 4) is 5.69 Å². The van der Waals surface area contributed by atoms with Gasteiger partial charge in [-0.15, -0.1) is 10.2 Å². The zero-order chi connectivity index (χ0) is 20.3. The van der Waals surface area contributed by atoms with Crippen molar-refractivity contribution in [1.29, 1.82) is 0 Å². The van der Waals surface area contributed by atoms with Gasteiger partial charge in [0.25, 0.3) is 0 Å². The number of hydrogen-bond acceptors (Lipinski definition) is 4. The normalized spacial score (nSPS) is 12.0. The number of rotatable bonds is 6. The molecule has 0 bridgehead atoms. The number of carbonyl (C=O) groups excluding carboxylic acids is 1. The number of halogens is 2. The van der Waals surface area contributed by atoms with Crippen molar-refractivity contribution in [2.75, 3.05) is 12.8 Å². The van der Waals surface area contributed by atoms with Crippen LogP contribution in [0.2, 0.25) is 0 Å². The van der Waals surface area contributed by atoms with Crippen LogP contribution in [0.15, 0.2) is 53.9 Å². The third kappa shape index (κ3) is 4.39. The van der Waals surface area contributed by atoms with Crippen molar-refractivity contribution in [2.24, 2.45) is 0 Å². The van der Waals surface area contributed by atoms with Gasteiger partial charge in [0.05, 0.1) is 11.8 Å². The second-order valence-electron chi connectivity index (χ2n) is 6.46. The lowest BCUT2D eigenvalue weighted by Crippen LogP contribution is -2.31. The van der Waals surface area contributed by atoms with Crippen molar-refractivity contribution in [2.45, 2.75) is 25.0 Å². The maximum absolute atomic E-state index is 13.5. The zero-order valence-electron chi connectivity index (χ0n) is 15.8. The smallest absolute Gasteiger partial charge is 0.233 e. The first-order valence-electron chi connectivity index (χ1n) is 8.67. The summed E-state index contributed by atoms with van der Waals surface area (Å²) in [7, 11) is 1.64. The second-order valence-corrected chi connectivity index (χ2v) is 7.40. The topological polar surface area (TPSA) is 51.0 Å². The van der Waals surface area contributed by atoms with Crippen molar-refractivity contribution < 1.29 is 13.6 Å². The van der Waals surface area contributed by atoms with Gasteiger partial charge < -0.3 is 4.90 Å². The first-order valence-corrected chi connectivity index (χ1v) is 9.66. The minimum absolute atomic E-state index is 0.148. The molecule has 0 aliphatic heterocycles. The molecule has 1 atom stereocenters. The van der Waals surface area contributed by atoms with Gasteiger partial charge in [-0.1, -0.05) is 35.5 Å². The van der Waals surface area contributed by atoms with E-state index < -0.39 is 17.7 Å². The third-order valence-corrected chi connectivity index (χ3v) is 5.48. The third-order valence-electron chi connectivity index (χ3n) is 4.55. The summed E-state index contributed by atoms with van der Waals surface area (Å²) < 4.78 is 28.4. The van der Waals surface area contributed by atoms with E-state index in [0.29, 0.717) is 10.7 Å². The van der Waals surface area contributed by atoms with Gasteiger partial charge in [-0.2, -0.15) is 0 Å². The maximum Gasteiger partial charge on any atom is 0.233 e. The molecule has 0 aliphatic rings. The molecule has 0 aliphatic carbocycles. The zero-order valence-corrected chi connectivity index (χ0v) is 16.6. The lowest BCUT2D eigenvalue weighted by molar-refractivity contribution is -0.128. The molecule has 0 saturated heterocycles. The Hall–Kier alpha value is -2.74. The molecule has 3 rings (SSSR count). The Kier molecular flexibility index (Phi) is 6.08. The molecule has 8 heteroatoms. The Morgan fingerprint density at radius 3 is 2.57 bits per heavy atom.